The van der Waals surface area contributed by atoms with Crippen molar-refractivity contribution in [2.75, 3.05) is 26.7 Å². The van der Waals surface area contributed by atoms with Crippen molar-refractivity contribution in [1.29, 1.82) is 0 Å². The fourth-order valence-electron chi connectivity index (χ4n) is 2.13. The third-order valence-corrected chi connectivity index (χ3v) is 3.16. The molecule has 2 N–H and O–H groups in total. The van der Waals surface area contributed by atoms with Gasteiger partial charge in [-0.1, -0.05) is 19.9 Å². The van der Waals surface area contributed by atoms with Crippen molar-refractivity contribution in [3.8, 4) is 0 Å². The molecule has 0 amide bonds. The summed E-state index contributed by atoms with van der Waals surface area (Å²) in [5.74, 6) is 0.716. The number of nitrogens with zero attached hydrogens (tertiary/aromatic N) is 2. The van der Waals surface area contributed by atoms with Gasteiger partial charge in [0.15, 0.2) is 0 Å². The first-order chi connectivity index (χ1) is 9.15. The zero-order chi connectivity index (χ0) is 13.7. The molecule has 0 bridgehead atoms. The molecule has 0 aliphatic rings. The van der Waals surface area contributed by atoms with Crippen LogP contribution in [0.25, 0.3) is 11.0 Å². The van der Waals surface area contributed by atoms with Crippen LogP contribution in [-0.4, -0.2) is 41.5 Å². The second kappa shape index (κ2) is 6.68. The van der Waals surface area contributed by atoms with Crippen molar-refractivity contribution < 1.29 is 0 Å². The lowest BCUT2D eigenvalue weighted by Gasteiger charge is -2.17. The van der Waals surface area contributed by atoms with Crippen LogP contribution in [0.3, 0.4) is 0 Å². The van der Waals surface area contributed by atoms with E-state index >= 15 is 0 Å². The smallest absolute Gasteiger partial charge is 0.0931 e. The van der Waals surface area contributed by atoms with Gasteiger partial charge in [0.25, 0.3) is 0 Å². The molecule has 1 aromatic heterocycles. The summed E-state index contributed by atoms with van der Waals surface area (Å²) in [6.07, 6.45) is 1.74. The predicted molar refractivity (Wildman–Crippen MR) is 80.1 cm³/mol. The first-order valence-corrected chi connectivity index (χ1v) is 6.96. The van der Waals surface area contributed by atoms with Gasteiger partial charge < -0.3 is 15.2 Å². The highest BCUT2D eigenvalue weighted by Crippen LogP contribution is 2.12. The average Bonchev–Trinajstić information content (AvgIpc) is 2.82. The summed E-state index contributed by atoms with van der Waals surface area (Å²) in [5.41, 5.74) is 3.47. The van der Waals surface area contributed by atoms with E-state index in [1.165, 1.54) is 5.56 Å². The lowest BCUT2D eigenvalue weighted by molar-refractivity contribution is 0.322. The molecule has 0 unspecified atom stereocenters. The molecule has 0 atom stereocenters. The molecule has 0 saturated carbocycles. The summed E-state index contributed by atoms with van der Waals surface area (Å²) in [7, 11) is 2.16. The summed E-state index contributed by atoms with van der Waals surface area (Å²) >= 11 is 0. The van der Waals surface area contributed by atoms with E-state index in [0.29, 0.717) is 5.92 Å². The number of rotatable bonds is 7. The highest BCUT2D eigenvalue weighted by Gasteiger charge is 2.03. The Labute approximate surface area is 115 Å². The third-order valence-electron chi connectivity index (χ3n) is 3.16. The van der Waals surface area contributed by atoms with Crippen molar-refractivity contribution in [3.63, 3.8) is 0 Å². The maximum Gasteiger partial charge on any atom is 0.0931 e. The zero-order valence-electron chi connectivity index (χ0n) is 12.1. The van der Waals surface area contributed by atoms with Crippen LogP contribution in [0.4, 0.5) is 0 Å². The quantitative estimate of drug-likeness (QED) is 0.750. The van der Waals surface area contributed by atoms with E-state index in [9.17, 15) is 0 Å². The standard InChI is InChI=1S/C15H24N4/c1-12(2)9-16-6-7-19(3)10-13-4-5-14-15(8-13)18-11-17-14/h4-5,8,11-12,16H,6-7,9-10H2,1-3H3,(H,17,18). The number of H-pyrrole nitrogens is 1. The fraction of sp³-hybridized carbons (Fsp3) is 0.533. The SMILES string of the molecule is CC(C)CNCCN(C)Cc1ccc2nc[nH]c2c1. The molecule has 4 nitrogen and oxygen atoms in total. The molecule has 2 aromatic rings. The largest absolute Gasteiger partial charge is 0.345 e. The van der Waals surface area contributed by atoms with E-state index in [0.717, 1.165) is 37.2 Å². The molecule has 1 aromatic carbocycles. The van der Waals surface area contributed by atoms with Crippen molar-refractivity contribution >= 4 is 11.0 Å². The number of hydrogen-bond acceptors (Lipinski definition) is 3. The molecule has 2 rings (SSSR count). The van der Waals surface area contributed by atoms with Crippen LogP contribution in [0.5, 0.6) is 0 Å². The number of benzene rings is 1. The van der Waals surface area contributed by atoms with Gasteiger partial charge in [-0.2, -0.15) is 0 Å². The Morgan fingerprint density at radius 3 is 3.00 bits per heavy atom. The predicted octanol–water partition coefficient (Wildman–Crippen LogP) is 2.24. The highest BCUT2D eigenvalue weighted by molar-refractivity contribution is 5.74. The van der Waals surface area contributed by atoms with E-state index in [1.54, 1.807) is 6.33 Å². The van der Waals surface area contributed by atoms with Crippen molar-refractivity contribution in [3.05, 3.63) is 30.1 Å². The number of aromatic nitrogens is 2. The van der Waals surface area contributed by atoms with Gasteiger partial charge in [0.2, 0.25) is 0 Å². The molecular formula is C15H24N4. The monoisotopic (exact) mass is 260 g/mol. The minimum atomic E-state index is 0.716. The van der Waals surface area contributed by atoms with Crippen LogP contribution >= 0.6 is 0 Å². The summed E-state index contributed by atoms with van der Waals surface area (Å²) in [6.45, 7) is 8.63. The summed E-state index contributed by atoms with van der Waals surface area (Å²) < 4.78 is 0. The average molecular weight is 260 g/mol. The van der Waals surface area contributed by atoms with Gasteiger partial charge in [-0.15, -0.1) is 0 Å². The third kappa shape index (κ3) is 4.33. The van der Waals surface area contributed by atoms with Crippen LogP contribution in [0, 0.1) is 5.92 Å². The highest BCUT2D eigenvalue weighted by atomic mass is 15.1. The van der Waals surface area contributed by atoms with E-state index in [1.807, 2.05) is 0 Å². The number of imidazole rings is 1. The van der Waals surface area contributed by atoms with Crippen LogP contribution in [-0.2, 0) is 6.54 Å². The lowest BCUT2D eigenvalue weighted by Crippen LogP contribution is -2.30. The van der Waals surface area contributed by atoms with Crippen LogP contribution < -0.4 is 5.32 Å². The van der Waals surface area contributed by atoms with Crippen LogP contribution in [0.1, 0.15) is 19.4 Å². The Bertz CT molecular complexity index is 504. The molecule has 4 heteroatoms. The Morgan fingerprint density at radius 2 is 2.21 bits per heavy atom. The minimum absolute atomic E-state index is 0.716. The van der Waals surface area contributed by atoms with E-state index in [4.69, 9.17) is 0 Å². The lowest BCUT2D eigenvalue weighted by atomic mass is 10.2. The summed E-state index contributed by atoms with van der Waals surface area (Å²) in [6, 6.07) is 6.41. The Kier molecular flexibility index (Phi) is 4.93. The zero-order valence-corrected chi connectivity index (χ0v) is 12.1. The van der Waals surface area contributed by atoms with Crippen LogP contribution in [0.15, 0.2) is 24.5 Å². The molecule has 0 aliphatic heterocycles. The van der Waals surface area contributed by atoms with Gasteiger partial charge in [-0.05, 0) is 37.2 Å². The van der Waals surface area contributed by atoms with E-state index < -0.39 is 0 Å². The second-order valence-corrected chi connectivity index (χ2v) is 5.59. The maximum absolute atomic E-state index is 4.24. The Hall–Kier alpha value is -1.39. The Balaban J connectivity index is 1.79. The molecule has 104 valence electrons. The fourth-order valence-corrected chi connectivity index (χ4v) is 2.13. The first kappa shape index (κ1) is 14.0. The Morgan fingerprint density at radius 1 is 1.37 bits per heavy atom. The number of hydrogen-bond donors (Lipinski definition) is 2. The van der Waals surface area contributed by atoms with Crippen molar-refractivity contribution in [1.82, 2.24) is 20.2 Å². The molecule has 0 aliphatic carbocycles. The van der Waals surface area contributed by atoms with Gasteiger partial charge in [0, 0.05) is 19.6 Å². The second-order valence-electron chi connectivity index (χ2n) is 5.59. The molecular weight excluding hydrogens is 236 g/mol. The number of likely N-dealkylation sites (N-methyl/N-ethyl adjacent to an activating group) is 1. The normalized spacial score (nSPS) is 11.8. The number of fused-ring (bicyclic) bond motifs is 1. The first-order valence-electron chi connectivity index (χ1n) is 6.96. The number of nitrogens with one attached hydrogen (secondary N) is 2. The van der Waals surface area contributed by atoms with Gasteiger partial charge >= 0.3 is 0 Å². The van der Waals surface area contributed by atoms with Gasteiger partial charge in [-0.3, -0.25) is 0 Å². The topological polar surface area (TPSA) is 44.0 Å². The van der Waals surface area contributed by atoms with E-state index in [-0.39, 0.29) is 0 Å². The summed E-state index contributed by atoms with van der Waals surface area (Å²) in [5, 5.41) is 3.47. The molecule has 0 spiro atoms. The molecule has 0 saturated heterocycles. The summed E-state index contributed by atoms with van der Waals surface area (Å²) in [4.78, 5) is 9.73. The molecule has 0 fully saturated rings. The molecule has 1 heterocycles. The maximum atomic E-state index is 4.24. The minimum Gasteiger partial charge on any atom is -0.345 e. The van der Waals surface area contributed by atoms with Crippen molar-refractivity contribution in [2.24, 2.45) is 5.92 Å². The van der Waals surface area contributed by atoms with Gasteiger partial charge in [0.1, 0.15) is 0 Å². The molecule has 19 heavy (non-hydrogen) atoms. The van der Waals surface area contributed by atoms with Crippen molar-refractivity contribution in [2.45, 2.75) is 20.4 Å². The molecule has 0 radical (unpaired) electrons. The van der Waals surface area contributed by atoms with Gasteiger partial charge in [0.05, 0.1) is 17.4 Å². The van der Waals surface area contributed by atoms with Gasteiger partial charge in [-0.25, -0.2) is 4.98 Å². The van der Waals surface area contributed by atoms with E-state index in [2.05, 4.69) is 59.3 Å². The number of aromatic amines is 1. The van der Waals surface area contributed by atoms with Crippen LogP contribution in [0.2, 0.25) is 0 Å².